The van der Waals surface area contributed by atoms with Gasteiger partial charge in [-0.15, -0.1) is 0 Å². The maximum atomic E-state index is 12.4. The first kappa shape index (κ1) is 19.4. The van der Waals surface area contributed by atoms with E-state index in [2.05, 4.69) is 10.0 Å². The Bertz CT molecular complexity index is 834. The number of benzene rings is 1. The Labute approximate surface area is 157 Å². The molecule has 1 aliphatic heterocycles. The quantitative estimate of drug-likeness (QED) is 0.614. The number of carbonyl (C=O) groups excluding carboxylic acids is 1. The van der Waals surface area contributed by atoms with Gasteiger partial charge < -0.3 is 19.9 Å². The van der Waals surface area contributed by atoms with E-state index in [1.807, 2.05) is 0 Å². The number of hydrogen-bond acceptors (Lipinski definition) is 6. The second-order valence-electron chi connectivity index (χ2n) is 6.60. The monoisotopic (exact) mass is 398 g/mol. The van der Waals surface area contributed by atoms with E-state index in [0.29, 0.717) is 44.0 Å². The van der Waals surface area contributed by atoms with E-state index in [1.54, 1.807) is 0 Å². The summed E-state index contributed by atoms with van der Waals surface area (Å²) in [5, 5.41) is 11.7. The highest BCUT2D eigenvalue weighted by molar-refractivity contribution is 7.89. The molecule has 0 saturated heterocycles. The van der Waals surface area contributed by atoms with Crippen LogP contribution in [0, 0.1) is 0 Å². The molecule has 1 aromatic carbocycles. The van der Waals surface area contributed by atoms with Crippen molar-refractivity contribution < 1.29 is 32.6 Å². The summed E-state index contributed by atoms with van der Waals surface area (Å²) in [6.07, 6.45) is 2.07. The molecule has 1 aliphatic carbocycles. The van der Waals surface area contributed by atoms with Gasteiger partial charge in [0.1, 0.15) is 5.54 Å². The fourth-order valence-electron chi connectivity index (χ4n) is 2.95. The minimum atomic E-state index is -3.83. The van der Waals surface area contributed by atoms with Crippen LogP contribution in [-0.2, 0) is 19.6 Å². The molecule has 1 heterocycles. The van der Waals surface area contributed by atoms with E-state index in [4.69, 9.17) is 9.47 Å². The van der Waals surface area contributed by atoms with Gasteiger partial charge >= 0.3 is 5.97 Å². The lowest BCUT2D eigenvalue weighted by Gasteiger charge is -2.38. The van der Waals surface area contributed by atoms with Crippen LogP contribution in [0.4, 0.5) is 0 Å². The molecule has 0 atom stereocenters. The Morgan fingerprint density at radius 1 is 1.11 bits per heavy atom. The maximum Gasteiger partial charge on any atom is 0.329 e. The van der Waals surface area contributed by atoms with Gasteiger partial charge in [0.25, 0.3) is 0 Å². The number of hydrogen-bond donors (Lipinski definition) is 3. The maximum absolute atomic E-state index is 12.4. The third-order valence-electron chi connectivity index (χ3n) is 4.67. The number of sulfonamides is 1. The minimum absolute atomic E-state index is 0.00755. The molecular formula is C17H22N2O7S. The average molecular weight is 398 g/mol. The van der Waals surface area contributed by atoms with Crippen molar-refractivity contribution in [2.24, 2.45) is 0 Å². The van der Waals surface area contributed by atoms with E-state index in [9.17, 15) is 23.1 Å². The zero-order chi connectivity index (χ0) is 19.5. The molecule has 0 radical (unpaired) electrons. The van der Waals surface area contributed by atoms with Crippen molar-refractivity contribution in [3.63, 3.8) is 0 Å². The van der Waals surface area contributed by atoms with Gasteiger partial charge in [-0.1, -0.05) is 0 Å². The molecule has 1 fully saturated rings. The Balaban J connectivity index is 1.56. The molecule has 1 aromatic rings. The normalized spacial score (nSPS) is 18.1. The topological polar surface area (TPSA) is 131 Å². The largest absolute Gasteiger partial charge is 0.490 e. The fraction of sp³-hybridized carbons (Fsp3) is 0.529. The van der Waals surface area contributed by atoms with Crippen LogP contribution in [0.1, 0.15) is 32.1 Å². The van der Waals surface area contributed by atoms with Crippen LogP contribution in [0.2, 0.25) is 0 Å². The first-order valence-electron chi connectivity index (χ1n) is 8.76. The van der Waals surface area contributed by atoms with E-state index in [1.165, 1.54) is 18.2 Å². The number of ether oxygens (including phenoxy) is 2. The smallest absolute Gasteiger partial charge is 0.329 e. The van der Waals surface area contributed by atoms with Gasteiger partial charge in [-0.25, -0.2) is 17.9 Å². The highest BCUT2D eigenvalue weighted by Gasteiger charge is 2.45. The molecule has 2 aliphatic rings. The van der Waals surface area contributed by atoms with Crippen LogP contribution in [-0.4, -0.2) is 50.7 Å². The van der Waals surface area contributed by atoms with Crippen molar-refractivity contribution in [2.75, 3.05) is 19.8 Å². The van der Waals surface area contributed by atoms with Gasteiger partial charge in [0.15, 0.2) is 11.5 Å². The minimum Gasteiger partial charge on any atom is -0.490 e. The molecule has 0 unspecified atom stereocenters. The lowest BCUT2D eigenvalue weighted by molar-refractivity contribution is -0.151. The number of carbonyl (C=O) groups is 2. The molecule has 148 valence electrons. The standard InChI is InChI=1S/C17H22N2O7S/c20-15(19-17(16(21)22)6-1-7-17)5-8-18-27(23,24)12-3-4-13-14(11-12)26-10-2-9-25-13/h3-4,11,18H,1-2,5-10H2,(H,19,20)(H,21,22). The van der Waals surface area contributed by atoms with E-state index >= 15 is 0 Å². The molecule has 1 saturated carbocycles. The number of carboxylic acid groups (broad SMARTS) is 1. The Kier molecular flexibility index (Phi) is 5.56. The van der Waals surface area contributed by atoms with Crippen LogP contribution in [0.15, 0.2) is 23.1 Å². The molecule has 9 nitrogen and oxygen atoms in total. The van der Waals surface area contributed by atoms with Crippen molar-refractivity contribution in [2.45, 2.75) is 42.5 Å². The van der Waals surface area contributed by atoms with Crippen molar-refractivity contribution in [1.29, 1.82) is 0 Å². The van der Waals surface area contributed by atoms with E-state index < -0.39 is 27.4 Å². The van der Waals surface area contributed by atoms with Gasteiger partial charge in [0, 0.05) is 25.5 Å². The second kappa shape index (κ2) is 7.73. The molecule has 3 rings (SSSR count). The first-order chi connectivity index (χ1) is 12.8. The van der Waals surface area contributed by atoms with Gasteiger partial charge in [0.05, 0.1) is 18.1 Å². The average Bonchev–Trinajstić information content (AvgIpc) is 2.82. The van der Waals surface area contributed by atoms with Gasteiger partial charge in [-0.05, 0) is 31.4 Å². The summed E-state index contributed by atoms with van der Waals surface area (Å²) in [4.78, 5) is 23.2. The lowest BCUT2D eigenvalue weighted by Crippen LogP contribution is -2.59. The summed E-state index contributed by atoms with van der Waals surface area (Å²) in [7, 11) is -3.83. The summed E-state index contributed by atoms with van der Waals surface area (Å²) in [6.45, 7) is 0.804. The molecule has 0 aromatic heterocycles. The van der Waals surface area contributed by atoms with Crippen molar-refractivity contribution >= 4 is 21.9 Å². The summed E-state index contributed by atoms with van der Waals surface area (Å²) in [6, 6.07) is 4.33. The third-order valence-corrected chi connectivity index (χ3v) is 6.13. The highest BCUT2D eigenvalue weighted by Crippen LogP contribution is 2.32. The van der Waals surface area contributed by atoms with Crippen LogP contribution >= 0.6 is 0 Å². The first-order valence-corrected chi connectivity index (χ1v) is 10.2. The third kappa shape index (κ3) is 4.33. The molecule has 0 bridgehead atoms. The van der Waals surface area contributed by atoms with Crippen LogP contribution in [0.3, 0.4) is 0 Å². The lowest BCUT2D eigenvalue weighted by atomic mass is 9.76. The van der Waals surface area contributed by atoms with Crippen LogP contribution < -0.4 is 19.5 Å². The number of fused-ring (bicyclic) bond motifs is 1. The predicted octanol–water partition coefficient (Wildman–Crippen LogP) is 0.640. The Morgan fingerprint density at radius 3 is 2.44 bits per heavy atom. The Hall–Kier alpha value is -2.33. The fourth-order valence-corrected chi connectivity index (χ4v) is 3.99. The van der Waals surface area contributed by atoms with Crippen molar-refractivity contribution in [1.82, 2.24) is 10.0 Å². The summed E-state index contributed by atoms with van der Waals surface area (Å²) in [5.41, 5.74) is -1.20. The predicted molar refractivity (Wildman–Crippen MR) is 94.2 cm³/mol. The molecule has 27 heavy (non-hydrogen) atoms. The molecule has 10 heteroatoms. The zero-order valence-electron chi connectivity index (χ0n) is 14.7. The molecule has 1 amide bonds. The van der Waals surface area contributed by atoms with Crippen LogP contribution in [0.5, 0.6) is 11.5 Å². The summed E-state index contributed by atoms with van der Waals surface area (Å²) in [5.74, 6) is -0.708. The molecular weight excluding hydrogens is 376 g/mol. The Morgan fingerprint density at radius 2 is 1.81 bits per heavy atom. The summed E-state index contributed by atoms with van der Waals surface area (Å²) >= 11 is 0. The van der Waals surface area contributed by atoms with E-state index in [-0.39, 0.29) is 17.9 Å². The molecule has 0 spiro atoms. The zero-order valence-corrected chi connectivity index (χ0v) is 15.5. The number of nitrogens with one attached hydrogen (secondary N) is 2. The second-order valence-corrected chi connectivity index (χ2v) is 8.36. The SMILES string of the molecule is O=C(CCNS(=O)(=O)c1ccc2c(c1)OCCCO2)NC1(C(=O)O)CCC1. The van der Waals surface area contributed by atoms with Gasteiger partial charge in [0.2, 0.25) is 15.9 Å². The van der Waals surface area contributed by atoms with Gasteiger partial charge in [-0.2, -0.15) is 0 Å². The number of carboxylic acids is 1. The molecule has 3 N–H and O–H groups in total. The number of rotatable bonds is 7. The van der Waals surface area contributed by atoms with Crippen LogP contribution in [0.25, 0.3) is 0 Å². The van der Waals surface area contributed by atoms with Gasteiger partial charge in [-0.3, -0.25) is 4.79 Å². The van der Waals surface area contributed by atoms with Crippen molar-refractivity contribution in [3.8, 4) is 11.5 Å². The summed E-state index contributed by atoms with van der Waals surface area (Å²) < 4.78 is 38.1. The number of aliphatic carboxylic acids is 1. The highest BCUT2D eigenvalue weighted by atomic mass is 32.2. The van der Waals surface area contributed by atoms with E-state index in [0.717, 1.165) is 6.42 Å². The number of amides is 1. The van der Waals surface area contributed by atoms with Crippen molar-refractivity contribution in [3.05, 3.63) is 18.2 Å².